The first-order valence-electron chi connectivity index (χ1n) is 7.66. The molecule has 25 heavy (non-hydrogen) atoms. The van der Waals surface area contributed by atoms with Crippen LogP contribution in [0, 0.1) is 0 Å². The molecular formula is C18H18N2O5. The molecular weight excluding hydrogens is 324 g/mol. The number of carbonyl (C=O) groups is 2. The third-order valence-electron chi connectivity index (χ3n) is 3.72. The van der Waals surface area contributed by atoms with Gasteiger partial charge >= 0.3 is 0 Å². The Morgan fingerprint density at radius 1 is 1.12 bits per heavy atom. The zero-order chi connectivity index (χ0) is 17.8. The summed E-state index contributed by atoms with van der Waals surface area (Å²) in [4.78, 5) is 25.9. The molecule has 2 aromatic carbocycles. The summed E-state index contributed by atoms with van der Waals surface area (Å²) < 4.78 is 15.6. The van der Waals surface area contributed by atoms with Gasteiger partial charge in [0.2, 0.25) is 12.7 Å². The lowest BCUT2D eigenvalue weighted by Gasteiger charge is -2.17. The maximum Gasteiger partial charge on any atom is 0.254 e. The minimum absolute atomic E-state index is 0.0701. The minimum Gasteiger partial charge on any atom is -0.497 e. The first-order valence-corrected chi connectivity index (χ1v) is 7.66. The molecule has 1 heterocycles. The Labute approximate surface area is 145 Å². The molecule has 0 aromatic heterocycles. The fraction of sp³-hybridized carbons (Fsp3) is 0.222. The second-order valence-electron chi connectivity index (χ2n) is 5.51. The minimum atomic E-state index is -0.290. The number of methoxy groups -OCH3 is 1. The van der Waals surface area contributed by atoms with Gasteiger partial charge in [-0.3, -0.25) is 9.59 Å². The van der Waals surface area contributed by atoms with Gasteiger partial charge in [0, 0.05) is 18.3 Å². The molecule has 130 valence electrons. The maximum absolute atomic E-state index is 12.4. The lowest BCUT2D eigenvalue weighted by molar-refractivity contribution is -0.116. The van der Waals surface area contributed by atoms with Crippen LogP contribution < -0.4 is 19.5 Å². The monoisotopic (exact) mass is 342 g/mol. The van der Waals surface area contributed by atoms with Crippen molar-refractivity contribution in [2.45, 2.75) is 0 Å². The number of ether oxygens (including phenoxy) is 3. The van der Waals surface area contributed by atoms with Gasteiger partial charge in [-0.25, -0.2) is 0 Å². The highest BCUT2D eigenvalue weighted by molar-refractivity contribution is 5.99. The molecule has 0 aliphatic carbocycles. The average molecular weight is 342 g/mol. The van der Waals surface area contributed by atoms with E-state index in [9.17, 15) is 9.59 Å². The van der Waals surface area contributed by atoms with Gasteiger partial charge in [0.15, 0.2) is 11.5 Å². The number of carbonyl (C=O) groups excluding carboxylic acids is 2. The second kappa shape index (κ2) is 7.12. The second-order valence-corrected chi connectivity index (χ2v) is 5.51. The molecule has 0 saturated carbocycles. The summed E-state index contributed by atoms with van der Waals surface area (Å²) in [6, 6.07) is 11.9. The van der Waals surface area contributed by atoms with Crippen molar-refractivity contribution >= 4 is 17.5 Å². The molecule has 0 saturated heterocycles. The molecule has 1 aliphatic heterocycles. The van der Waals surface area contributed by atoms with Crippen LogP contribution in [-0.4, -0.2) is 44.2 Å². The number of nitrogens with zero attached hydrogens (tertiary/aromatic N) is 1. The normalized spacial score (nSPS) is 11.8. The van der Waals surface area contributed by atoms with E-state index in [4.69, 9.17) is 14.2 Å². The summed E-state index contributed by atoms with van der Waals surface area (Å²) in [5, 5.41) is 2.74. The van der Waals surface area contributed by atoms with Crippen LogP contribution in [0.3, 0.4) is 0 Å². The summed E-state index contributed by atoms with van der Waals surface area (Å²) in [5.41, 5.74) is 1.07. The van der Waals surface area contributed by atoms with Crippen molar-refractivity contribution < 1.29 is 23.8 Å². The van der Waals surface area contributed by atoms with Crippen molar-refractivity contribution in [3.8, 4) is 17.2 Å². The Kier molecular flexibility index (Phi) is 4.74. The van der Waals surface area contributed by atoms with Crippen LogP contribution in [0.25, 0.3) is 0 Å². The highest BCUT2D eigenvalue weighted by atomic mass is 16.7. The standard InChI is InChI=1S/C18H18N2O5/c1-20(10-17(21)19-13-4-6-14(23-2)7-5-13)18(22)12-3-8-15-16(9-12)25-11-24-15/h3-9H,10-11H2,1-2H3,(H,19,21). The van der Waals surface area contributed by atoms with E-state index in [0.717, 1.165) is 0 Å². The van der Waals surface area contributed by atoms with Crippen molar-refractivity contribution in [2.75, 3.05) is 32.8 Å². The quantitative estimate of drug-likeness (QED) is 0.901. The average Bonchev–Trinajstić information content (AvgIpc) is 3.09. The molecule has 7 heteroatoms. The maximum atomic E-state index is 12.4. The van der Waals surface area contributed by atoms with E-state index in [1.54, 1.807) is 56.6 Å². The van der Waals surface area contributed by atoms with Gasteiger partial charge in [0.05, 0.1) is 13.7 Å². The van der Waals surface area contributed by atoms with Crippen LogP contribution in [0.2, 0.25) is 0 Å². The van der Waals surface area contributed by atoms with Gasteiger partial charge in [-0.2, -0.15) is 0 Å². The van der Waals surface area contributed by atoms with E-state index in [2.05, 4.69) is 5.32 Å². The molecule has 1 N–H and O–H groups in total. The van der Waals surface area contributed by atoms with Gasteiger partial charge in [0.1, 0.15) is 5.75 Å². The Hall–Kier alpha value is -3.22. The van der Waals surface area contributed by atoms with Crippen LogP contribution in [0.4, 0.5) is 5.69 Å². The molecule has 2 amide bonds. The van der Waals surface area contributed by atoms with Gasteiger partial charge in [0.25, 0.3) is 5.91 Å². The first kappa shape index (κ1) is 16.6. The predicted molar refractivity (Wildman–Crippen MR) is 91.1 cm³/mol. The van der Waals surface area contributed by atoms with E-state index in [1.165, 1.54) is 4.90 Å². The molecule has 2 aromatic rings. The molecule has 0 fully saturated rings. The molecule has 0 radical (unpaired) electrons. The Balaban J connectivity index is 1.59. The van der Waals surface area contributed by atoms with E-state index >= 15 is 0 Å². The summed E-state index contributed by atoms with van der Waals surface area (Å²) in [5.74, 6) is 1.27. The number of likely N-dealkylation sites (N-methyl/N-ethyl adjacent to an activating group) is 1. The summed E-state index contributed by atoms with van der Waals surface area (Å²) in [6.07, 6.45) is 0. The number of hydrogen-bond donors (Lipinski definition) is 1. The summed E-state index contributed by atoms with van der Waals surface area (Å²) in [7, 11) is 3.14. The van der Waals surface area contributed by atoms with Gasteiger partial charge in [-0.1, -0.05) is 0 Å². The Morgan fingerprint density at radius 3 is 2.56 bits per heavy atom. The van der Waals surface area contributed by atoms with E-state index in [-0.39, 0.29) is 25.2 Å². The fourth-order valence-corrected chi connectivity index (χ4v) is 2.41. The number of nitrogens with one attached hydrogen (secondary N) is 1. The molecule has 0 bridgehead atoms. The number of amides is 2. The lowest BCUT2D eigenvalue weighted by atomic mass is 10.2. The lowest BCUT2D eigenvalue weighted by Crippen LogP contribution is -2.34. The van der Waals surface area contributed by atoms with Gasteiger partial charge < -0.3 is 24.4 Å². The highest BCUT2D eigenvalue weighted by Gasteiger charge is 2.19. The van der Waals surface area contributed by atoms with Crippen LogP contribution in [0.15, 0.2) is 42.5 Å². The molecule has 0 atom stereocenters. The molecule has 3 rings (SSSR count). The molecule has 7 nitrogen and oxygen atoms in total. The third-order valence-corrected chi connectivity index (χ3v) is 3.72. The zero-order valence-corrected chi connectivity index (χ0v) is 13.9. The largest absolute Gasteiger partial charge is 0.497 e. The van der Waals surface area contributed by atoms with Crippen LogP contribution in [-0.2, 0) is 4.79 Å². The van der Waals surface area contributed by atoms with E-state index < -0.39 is 0 Å². The number of benzene rings is 2. The van der Waals surface area contributed by atoms with Crippen LogP contribution in [0.5, 0.6) is 17.2 Å². The fourth-order valence-electron chi connectivity index (χ4n) is 2.41. The van der Waals surface area contributed by atoms with Crippen molar-refractivity contribution in [3.63, 3.8) is 0 Å². The topological polar surface area (TPSA) is 77.1 Å². The van der Waals surface area contributed by atoms with E-state index in [0.29, 0.717) is 28.5 Å². The van der Waals surface area contributed by atoms with Crippen molar-refractivity contribution in [1.29, 1.82) is 0 Å². The molecule has 0 unspecified atom stereocenters. The van der Waals surface area contributed by atoms with Gasteiger partial charge in [-0.05, 0) is 42.5 Å². The Bertz CT molecular complexity index is 789. The van der Waals surface area contributed by atoms with Crippen molar-refractivity contribution in [1.82, 2.24) is 4.90 Å². The number of hydrogen-bond acceptors (Lipinski definition) is 5. The SMILES string of the molecule is COc1ccc(NC(=O)CN(C)C(=O)c2ccc3c(c2)OCO3)cc1. The number of rotatable bonds is 5. The molecule has 0 spiro atoms. The number of anilines is 1. The van der Waals surface area contributed by atoms with Crippen molar-refractivity contribution in [3.05, 3.63) is 48.0 Å². The zero-order valence-electron chi connectivity index (χ0n) is 13.9. The van der Waals surface area contributed by atoms with Crippen LogP contribution >= 0.6 is 0 Å². The number of fused-ring (bicyclic) bond motifs is 1. The summed E-state index contributed by atoms with van der Waals surface area (Å²) in [6.45, 7) is 0.0758. The summed E-state index contributed by atoms with van der Waals surface area (Å²) >= 11 is 0. The Morgan fingerprint density at radius 2 is 1.84 bits per heavy atom. The molecule has 1 aliphatic rings. The van der Waals surface area contributed by atoms with Crippen LogP contribution in [0.1, 0.15) is 10.4 Å². The van der Waals surface area contributed by atoms with E-state index in [1.807, 2.05) is 0 Å². The highest BCUT2D eigenvalue weighted by Crippen LogP contribution is 2.32. The first-order chi connectivity index (χ1) is 12.1. The van der Waals surface area contributed by atoms with Crippen molar-refractivity contribution in [2.24, 2.45) is 0 Å². The predicted octanol–water partition coefficient (Wildman–Crippen LogP) is 2.13. The third kappa shape index (κ3) is 3.82. The smallest absolute Gasteiger partial charge is 0.254 e. The van der Waals surface area contributed by atoms with Gasteiger partial charge in [-0.15, -0.1) is 0 Å².